The van der Waals surface area contributed by atoms with Crippen LogP contribution in [0.5, 0.6) is 0 Å². The maximum Gasteiger partial charge on any atom is 0.0695 e. The largest absolute Gasteiger partial charge is 0.392 e. The van der Waals surface area contributed by atoms with E-state index < -0.39 is 0 Å². The summed E-state index contributed by atoms with van der Waals surface area (Å²) in [5, 5.41) is 12.4. The second-order valence-electron chi connectivity index (χ2n) is 2.91. The van der Waals surface area contributed by atoms with Gasteiger partial charge in [0.25, 0.3) is 0 Å². The molecule has 1 aromatic heterocycles. The molecule has 74 valence electrons. The van der Waals surface area contributed by atoms with Crippen molar-refractivity contribution in [2.75, 3.05) is 6.26 Å². The SMILES string of the molecule is CSc1ccc(CO)c2scc(S)c12. The van der Waals surface area contributed by atoms with Gasteiger partial charge in [0, 0.05) is 25.3 Å². The summed E-state index contributed by atoms with van der Waals surface area (Å²) in [6.07, 6.45) is 2.05. The predicted molar refractivity (Wildman–Crippen MR) is 66.8 cm³/mol. The molecule has 0 atom stereocenters. The maximum absolute atomic E-state index is 9.18. The highest BCUT2D eigenvalue weighted by atomic mass is 32.2. The molecule has 0 saturated carbocycles. The zero-order valence-electron chi connectivity index (χ0n) is 7.65. The van der Waals surface area contributed by atoms with Gasteiger partial charge in [-0.3, -0.25) is 0 Å². The van der Waals surface area contributed by atoms with Crippen molar-refractivity contribution < 1.29 is 5.11 Å². The molecule has 4 heteroatoms. The van der Waals surface area contributed by atoms with Crippen LogP contribution in [0.25, 0.3) is 10.1 Å². The van der Waals surface area contributed by atoms with Crippen molar-refractivity contribution in [1.82, 2.24) is 0 Å². The number of hydrogen-bond donors (Lipinski definition) is 2. The third-order valence-electron chi connectivity index (χ3n) is 2.14. The van der Waals surface area contributed by atoms with Crippen molar-refractivity contribution in [3.05, 3.63) is 23.1 Å². The van der Waals surface area contributed by atoms with E-state index in [4.69, 9.17) is 0 Å². The number of aliphatic hydroxyl groups is 1. The molecule has 0 saturated heterocycles. The smallest absolute Gasteiger partial charge is 0.0695 e. The summed E-state index contributed by atoms with van der Waals surface area (Å²) in [7, 11) is 0. The molecule has 1 heterocycles. The van der Waals surface area contributed by atoms with Crippen molar-refractivity contribution in [2.24, 2.45) is 0 Å². The molecule has 1 aromatic carbocycles. The summed E-state index contributed by atoms with van der Waals surface area (Å²) in [4.78, 5) is 2.23. The van der Waals surface area contributed by atoms with Crippen LogP contribution in [0.3, 0.4) is 0 Å². The van der Waals surface area contributed by atoms with E-state index in [1.807, 2.05) is 17.5 Å². The average molecular weight is 242 g/mol. The van der Waals surface area contributed by atoms with E-state index in [9.17, 15) is 5.11 Å². The molecule has 0 amide bonds. The molecule has 0 unspecified atom stereocenters. The minimum absolute atomic E-state index is 0.0961. The molecule has 0 radical (unpaired) electrons. The van der Waals surface area contributed by atoms with Gasteiger partial charge < -0.3 is 5.11 Å². The summed E-state index contributed by atoms with van der Waals surface area (Å²) >= 11 is 7.78. The van der Waals surface area contributed by atoms with Crippen LogP contribution in [0, 0.1) is 0 Å². The fourth-order valence-corrected chi connectivity index (χ4v) is 3.65. The van der Waals surface area contributed by atoms with Gasteiger partial charge >= 0.3 is 0 Å². The molecule has 2 aromatic rings. The minimum atomic E-state index is 0.0961. The molecular weight excluding hydrogens is 232 g/mol. The summed E-state index contributed by atoms with van der Waals surface area (Å²) in [6, 6.07) is 4.03. The molecule has 0 spiro atoms. The van der Waals surface area contributed by atoms with Gasteiger partial charge in [-0.1, -0.05) is 6.07 Å². The Balaban J connectivity index is 2.81. The van der Waals surface area contributed by atoms with Gasteiger partial charge in [-0.2, -0.15) is 0 Å². The Hall–Kier alpha value is -0.160. The van der Waals surface area contributed by atoms with E-state index in [0.717, 1.165) is 15.2 Å². The van der Waals surface area contributed by atoms with Crippen LogP contribution in [0.2, 0.25) is 0 Å². The van der Waals surface area contributed by atoms with Crippen LogP contribution >= 0.6 is 35.7 Å². The van der Waals surface area contributed by atoms with Gasteiger partial charge in [-0.25, -0.2) is 0 Å². The third kappa shape index (κ3) is 1.56. The number of benzene rings is 1. The molecule has 0 aliphatic heterocycles. The lowest BCUT2D eigenvalue weighted by atomic mass is 10.2. The van der Waals surface area contributed by atoms with Crippen LogP contribution in [0.1, 0.15) is 5.56 Å². The number of hydrogen-bond acceptors (Lipinski definition) is 4. The Bertz CT molecular complexity index is 462. The summed E-state index contributed by atoms with van der Waals surface area (Å²) in [5.41, 5.74) is 0.989. The molecule has 1 N–H and O–H groups in total. The van der Waals surface area contributed by atoms with Gasteiger partial charge in [0.15, 0.2) is 0 Å². The normalized spacial score (nSPS) is 11.1. The molecule has 0 fully saturated rings. The minimum Gasteiger partial charge on any atom is -0.392 e. The highest BCUT2D eigenvalue weighted by Crippen LogP contribution is 2.37. The standard InChI is InChI=1S/C10H10OS3/c1-13-8-3-2-6(4-11)10-9(8)7(12)5-14-10/h2-3,5,11-12H,4H2,1H3. The topological polar surface area (TPSA) is 20.2 Å². The number of rotatable bonds is 2. The molecular formula is C10H10OS3. The van der Waals surface area contributed by atoms with Crippen LogP contribution in [-0.2, 0) is 6.61 Å². The lowest BCUT2D eigenvalue weighted by Crippen LogP contribution is -1.84. The highest BCUT2D eigenvalue weighted by Gasteiger charge is 2.09. The first-order valence-corrected chi connectivity index (χ1v) is 6.70. The van der Waals surface area contributed by atoms with Crippen molar-refractivity contribution in [2.45, 2.75) is 16.4 Å². The number of aliphatic hydroxyl groups excluding tert-OH is 1. The van der Waals surface area contributed by atoms with E-state index in [1.54, 1.807) is 23.1 Å². The van der Waals surface area contributed by atoms with E-state index in [-0.39, 0.29) is 6.61 Å². The van der Waals surface area contributed by atoms with Crippen molar-refractivity contribution >= 4 is 45.8 Å². The molecule has 0 aliphatic carbocycles. The monoisotopic (exact) mass is 242 g/mol. The quantitative estimate of drug-likeness (QED) is 0.622. The van der Waals surface area contributed by atoms with Crippen LogP contribution in [-0.4, -0.2) is 11.4 Å². The van der Waals surface area contributed by atoms with Crippen molar-refractivity contribution in [3.63, 3.8) is 0 Å². The van der Waals surface area contributed by atoms with Gasteiger partial charge in [-0.15, -0.1) is 35.7 Å². The first-order chi connectivity index (χ1) is 6.77. The second kappa shape index (κ2) is 4.14. The van der Waals surface area contributed by atoms with Gasteiger partial charge in [-0.05, 0) is 17.9 Å². The summed E-state index contributed by atoms with van der Waals surface area (Å²) in [5.74, 6) is 0. The fraction of sp³-hybridized carbons (Fsp3) is 0.200. The van der Waals surface area contributed by atoms with Gasteiger partial charge in [0.2, 0.25) is 0 Å². The molecule has 0 aliphatic rings. The fourth-order valence-electron chi connectivity index (χ4n) is 1.45. The van der Waals surface area contributed by atoms with Crippen molar-refractivity contribution in [3.8, 4) is 0 Å². The van der Waals surface area contributed by atoms with Crippen LogP contribution in [0.4, 0.5) is 0 Å². The number of thiol groups is 1. The lowest BCUT2D eigenvalue weighted by molar-refractivity contribution is 0.283. The first kappa shape index (κ1) is 10.4. The predicted octanol–water partition coefficient (Wildman–Crippen LogP) is 3.40. The van der Waals surface area contributed by atoms with Gasteiger partial charge in [0.05, 0.1) is 6.61 Å². The lowest BCUT2D eigenvalue weighted by Gasteiger charge is -2.03. The molecule has 1 nitrogen and oxygen atoms in total. The Morgan fingerprint density at radius 2 is 2.29 bits per heavy atom. The Kier molecular flexibility index (Phi) is 3.07. The molecule has 14 heavy (non-hydrogen) atoms. The number of thiophene rings is 1. The first-order valence-electron chi connectivity index (χ1n) is 4.14. The van der Waals surface area contributed by atoms with E-state index in [0.29, 0.717) is 0 Å². The average Bonchev–Trinajstić information content (AvgIpc) is 2.60. The maximum atomic E-state index is 9.18. The summed E-state index contributed by atoms with van der Waals surface area (Å²) < 4.78 is 1.16. The Morgan fingerprint density at radius 1 is 1.50 bits per heavy atom. The number of fused-ring (bicyclic) bond motifs is 1. The van der Waals surface area contributed by atoms with E-state index in [1.165, 1.54) is 10.3 Å². The van der Waals surface area contributed by atoms with Gasteiger partial charge in [0.1, 0.15) is 0 Å². The second-order valence-corrected chi connectivity index (χ2v) is 5.12. The van der Waals surface area contributed by atoms with Crippen molar-refractivity contribution in [1.29, 1.82) is 0 Å². The third-order valence-corrected chi connectivity index (χ3v) is 4.50. The molecule has 0 bridgehead atoms. The zero-order valence-corrected chi connectivity index (χ0v) is 10.2. The van der Waals surface area contributed by atoms with E-state index >= 15 is 0 Å². The van der Waals surface area contributed by atoms with Crippen LogP contribution < -0.4 is 0 Å². The molecule has 2 rings (SSSR count). The summed E-state index contributed by atoms with van der Waals surface area (Å²) in [6.45, 7) is 0.0961. The Labute approximate surface area is 96.6 Å². The Morgan fingerprint density at radius 3 is 2.93 bits per heavy atom. The number of thioether (sulfide) groups is 1. The van der Waals surface area contributed by atoms with E-state index in [2.05, 4.69) is 18.9 Å². The highest BCUT2D eigenvalue weighted by molar-refractivity contribution is 7.98. The van der Waals surface area contributed by atoms with Crippen LogP contribution in [0.15, 0.2) is 27.3 Å². The zero-order chi connectivity index (χ0) is 10.1.